The van der Waals surface area contributed by atoms with Gasteiger partial charge in [-0.15, -0.1) is 0 Å². The quantitative estimate of drug-likeness (QED) is 0.0479. The van der Waals surface area contributed by atoms with E-state index < -0.39 is 298 Å². The summed E-state index contributed by atoms with van der Waals surface area (Å²) in [6.45, 7) is 0.609. The van der Waals surface area contributed by atoms with Crippen LogP contribution >= 0.6 is 0 Å². The molecule has 0 aliphatic carbocycles. The van der Waals surface area contributed by atoms with Crippen LogP contribution < -0.4 is 0 Å². The standard InChI is InChI=1S/C53H92O36/c1-14-18(5)76-23(10-58)41(28(14)62)84-48-16(3)29(63)43(25(12-60)81-48)86-51-40(74)44(87-53-46(38(72)34(68)22(9-57)80-53)89-47-15(2)27(61)31(65)19(6-54)77-47)35(69)26(83-51)13-75-52-45(37(71)33(67)21(8-56)79-52)88-49-17(4)30(64)42(24(11-59)82-49)85-50-39(73)36(70)32(66)20(7-55)78-50/h14-74H,6-13H2,1-5H3/t14-,15+,16+,17?,18+,19?,20?,21?,22-,23?,24+,25?,26?,27?,28?,29?,30?,31-,32+,33-,34-,35-,36+,37?,38?,39?,40-,41-,42-,43-,44?,45-,46?,47+,48+,49+,50?,51+,52+,53-/m1/s1. The molecule has 8 fully saturated rings. The van der Waals surface area contributed by atoms with Crippen LogP contribution in [0.2, 0.25) is 0 Å². The summed E-state index contributed by atoms with van der Waals surface area (Å²) in [4.78, 5) is 0. The van der Waals surface area contributed by atoms with Gasteiger partial charge in [-0.2, -0.15) is 0 Å². The van der Waals surface area contributed by atoms with Crippen LogP contribution in [0.5, 0.6) is 0 Å². The van der Waals surface area contributed by atoms with Crippen molar-refractivity contribution < 1.29 is 178 Å². The number of ether oxygens (including phenoxy) is 15. The number of hydrogen-bond donors (Lipinski definition) is 21. The molecule has 89 heavy (non-hydrogen) atoms. The zero-order valence-electron chi connectivity index (χ0n) is 49.3. The van der Waals surface area contributed by atoms with Crippen LogP contribution in [-0.4, -0.2) is 381 Å². The van der Waals surface area contributed by atoms with Gasteiger partial charge in [0.1, 0.15) is 146 Å². The SMILES string of the molecule is CC1C(O)[C@H](OC2OC(CO)[C@H](O)[C@H](O)C2O)[C@H](CO)O[C@H]1O[C@@H]1C(O)[C@H](O)C(CO)O[C@@H]1OCC1O[C@@H](O[C@@H]2C(CO)O[C@@H](O[C@@H]3C(CO)O[C@@H](C)[C@@H](C)C3O)[C@@H](C)C2O)[C@H](O)C(O[C@H]2O[C@H](CO)[C@@H](O)C(O)C2O[C@@H]2OC(CO)[C@@H](O)C(O)[C@@H]2C)[C@@H]1O. The van der Waals surface area contributed by atoms with E-state index in [1.807, 2.05) is 0 Å². The van der Waals surface area contributed by atoms with E-state index in [1.54, 1.807) is 13.8 Å². The lowest BCUT2D eigenvalue weighted by atomic mass is 9.88. The second kappa shape index (κ2) is 31.6. The molecular weight excluding hydrogens is 1210 g/mol. The summed E-state index contributed by atoms with van der Waals surface area (Å²) in [5, 5.41) is 229. The van der Waals surface area contributed by atoms with Crippen molar-refractivity contribution in [3.8, 4) is 0 Å². The summed E-state index contributed by atoms with van der Waals surface area (Å²) in [6, 6.07) is 0. The van der Waals surface area contributed by atoms with Gasteiger partial charge >= 0.3 is 0 Å². The van der Waals surface area contributed by atoms with Crippen molar-refractivity contribution in [1.82, 2.24) is 0 Å². The molecule has 8 saturated heterocycles. The van der Waals surface area contributed by atoms with E-state index in [2.05, 4.69) is 0 Å². The van der Waals surface area contributed by atoms with E-state index in [0.717, 1.165) is 0 Å². The third kappa shape index (κ3) is 15.2. The lowest BCUT2D eigenvalue weighted by Crippen LogP contribution is -2.67. The van der Waals surface area contributed by atoms with Gasteiger partial charge in [0.05, 0.1) is 83.4 Å². The summed E-state index contributed by atoms with van der Waals surface area (Å²) in [6.07, 6.45) is -61.5. The monoisotopic (exact) mass is 1300 g/mol. The highest BCUT2D eigenvalue weighted by Crippen LogP contribution is 2.41. The van der Waals surface area contributed by atoms with Crippen LogP contribution in [0, 0.1) is 23.7 Å². The highest BCUT2D eigenvalue weighted by Gasteiger charge is 2.59. The predicted octanol–water partition coefficient (Wildman–Crippen LogP) is -12.3. The lowest BCUT2D eigenvalue weighted by molar-refractivity contribution is -0.399. The van der Waals surface area contributed by atoms with Crippen molar-refractivity contribution in [2.75, 3.05) is 52.9 Å². The van der Waals surface area contributed by atoms with Gasteiger partial charge in [-0.05, 0) is 6.92 Å². The first-order valence-corrected chi connectivity index (χ1v) is 29.8. The van der Waals surface area contributed by atoms with E-state index in [4.69, 9.17) is 71.1 Å². The Morgan fingerprint density at radius 3 is 0.989 bits per heavy atom. The molecule has 0 bridgehead atoms. The predicted molar refractivity (Wildman–Crippen MR) is 281 cm³/mol. The first-order valence-electron chi connectivity index (χ1n) is 29.8. The van der Waals surface area contributed by atoms with E-state index >= 15 is 0 Å². The average molecular weight is 1310 g/mol. The Labute approximate surface area is 509 Å². The van der Waals surface area contributed by atoms with E-state index in [-0.39, 0.29) is 0 Å². The number of hydrogen-bond acceptors (Lipinski definition) is 36. The van der Waals surface area contributed by atoms with Gasteiger partial charge < -0.3 is 178 Å². The normalized spacial score (nSPS) is 53.6. The topological polar surface area (TPSA) is 563 Å². The Kier molecular flexibility index (Phi) is 26.1. The first kappa shape index (κ1) is 73.4. The van der Waals surface area contributed by atoms with Crippen LogP contribution in [-0.2, 0) is 71.1 Å². The molecule has 0 aromatic rings. The fourth-order valence-electron chi connectivity index (χ4n) is 12.3. The average Bonchev–Trinajstić information content (AvgIpc) is 1.06. The molecule has 21 N–H and O–H groups in total. The smallest absolute Gasteiger partial charge is 0.187 e. The van der Waals surface area contributed by atoms with Crippen molar-refractivity contribution >= 4 is 0 Å². The molecule has 36 nitrogen and oxygen atoms in total. The van der Waals surface area contributed by atoms with Crippen molar-refractivity contribution in [2.45, 2.75) is 256 Å². The molecule has 520 valence electrons. The molecule has 0 aromatic heterocycles. The maximum atomic E-state index is 12.3. The zero-order chi connectivity index (χ0) is 65.4. The minimum atomic E-state index is -2.25. The molecule has 0 amide bonds. The second-order valence-electron chi connectivity index (χ2n) is 24.2. The molecule has 8 aliphatic rings. The number of aliphatic hydroxyl groups is 21. The highest BCUT2D eigenvalue weighted by molar-refractivity contribution is 5.01. The minimum absolute atomic E-state index is 0.496. The molecule has 8 heterocycles. The Bertz CT molecular complexity index is 2120. The molecule has 8 aliphatic heterocycles. The molecular formula is C53H92O36. The third-order valence-electron chi connectivity index (χ3n) is 18.4. The van der Waals surface area contributed by atoms with Gasteiger partial charge in [0.2, 0.25) is 0 Å². The molecule has 0 spiro atoms. The Hall–Kier alpha value is -1.44. The fraction of sp³-hybridized carbons (Fsp3) is 1.00. The third-order valence-corrected chi connectivity index (χ3v) is 18.4. The van der Waals surface area contributed by atoms with Crippen LogP contribution in [0.1, 0.15) is 34.6 Å². The van der Waals surface area contributed by atoms with E-state index in [1.165, 1.54) is 20.8 Å². The number of rotatable bonds is 22. The lowest BCUT2D eigenvalue weighted by Gasteiger charge is -2.50. The van der Waals surface area contributed by atoms with Crippen molar-refractivity contribution in [2.24, 2.45) is 23.7 Å². The molecule has 0 radical (unpaired) electrons. The Balaban J connectivity index is 1.07. The zero-order valence-corrected chi connectivity index (χ0v) is 49.3. The molecule has 17 unspecified atom stereocenters. The van der Waals surface area contributed by atoms with Crippen molar-refractivity contribution in [1.29, 1.82) is 0 Å². The van der Waals surface area contributed by atoms with Crippen LogP contribution in [0.3, 0.4) is 0 Å². The maximum Gasteiger partial charge on any atom is 0.187 e. The molecule has 0 saturated carbocycles. The fourth-order valence-corrected chi connectivity index (χ4v) is 12.3. The first-order chi connectivity index (χ1) is 42.2. The molecule has 0 aromatic carbocycles. The highest BCUT2D eigenvalue weighted by atomic mass is 16.8. The molecule has 40 atom stereocenters. The van der Waals surface area contributed by atoms with Gasteiger partial charge in [-0.25, -0.2) is 0 Å². The Morgan fingerprint density at radius 1 is 0.225 bits per heavy atom. The second-order valence-corrected chi connectivity index (χ2v) is 24.2. The van der Waals surface area contributed by atoms with Crippen LogP contribution in [0.15, 0.2) is 0 Å². The van der Waals surface area contributed by atoms with Gasteiger partial charge in [0.25, 0.3) is 0 Å². The summed E-state index contributed by atoms with van der Waals surface area (Å²) >= 11 is 0. The van der Waals surface area contributed by atoms with Crippen LogP contribution in [0.4, 0.5) is 0 Å². The Morgan fingerprint density at radius 2 is 0.528 bits per heavy atom. The van der Waals surface area contributed by atoms with Crippen molar-refractivity contribution in [3.05, 3.63) is 0 Å². The van der Waals surface area contributed by atoms with Gasteiger partial charge in [-0.3, -0.25) is 0 Å². The van der Waals surface area contributed by atoms with Crippen molar-refractivity contribution in [3.63, 3.8) is 0 Å². The summed E-state index contributed by atoms with van der Waals surface area (Å²) < 4.78 is 89.6. The van der Waals surface area contributed by atoms with E-state index in [0.29, 0.717) is 0 Å². The summed E-state index contributed by atoms with van der Waals surface area (Å²) in [7, 11) is 0. The van der Waals surface area contributed by atoms with E-state index in [9.17, 15) is 107 Å². The number of aliphatic hydroxyl groups excluding tert-OH is 21. The van der Waals surface area contributed by atoms with Gasteiger partial charge in [0.15, 0.2) is 44.0 Å². The maximum absolute atomic E-state index is 12.3. The van der Waals surface area contributed by atoms with Gasteiger partial charge in [0, 0.05) is 23.7 Å². The summed E-state index contributed by atoms with van der Waals surface area (Å²) in [5.41, 5.74) is 0. The van der Waals surface area contributed by atoms with Gasteiger partial charge in [-0.1, -0.05) is 27.7 Å². The molecule has 36 heteroatoms. The minimum Gasteiger partial charge on any atom is -0.394 e. The molecule has 8 rings (SSSR count). The largest absolute Gasteiger partial charge is 0.394 e. The summed E-state index contributed by atoms with van der Waals surface area (Å²) in [5.74, 6) is -3.97. The van der Waals surface area contributed by atoms with Crippen LogP contribution in [0.25, 0.3) is 0 Å².